The van der Waals surface area contributed by atoms with Crippen molar-refractivity contribution in [1.29, 1.82) is 0 Å². The summed E-state index contributed by atoms with van der Waals surface area (Å²) in [4.78, 5) is 13.0. The molecule has 0 N–H and O–H groups in total. The zero-order valence-corrected chi connectivity index (χ0v) is 9.08. The maximum absolute atomic E-state index is 11.2. The molecule has 78 valence electrons. The summed E-state index contributed by atoms with van der Waals surface area (Å²) in [6.07, 6.45) is 1.58. The smallest absolute Gasteiger partial charge is 0.266 e. The van der Waals surface area contributed by atoms with E-state index in [1.165, 1.54) is 10.7 Å². The van der Waals surface area contributed by atoms with Crippen LogP contribution in [0.1, 0.15) is 0 Å². The van der Waals surface area contributed by atoms with Crippen LogP contribution >= 0.6 is 23.2 Å². The summed E-state index contributed by atoms with van der Waals surface area (Å²) in [6.45, 7) is 1.11. The van der Waals surface area contributed by atoms with E-state index in [4.69, 9.17) is 23.2 Å². The molecule has 0 bridgehead atoms. The van der Waals surface area contributed by atoms with Crippen LogP contribution < -0.4 is 5.56 Å². The Hall–Kier alpha value is -0.580. The van der Waals surface area contributed by atoms with Crippen molar-refractivity contribution < 1.29 is 0 Å². The normalized spacial score (nSPS) is 10.8. The van der Waals surface area contributed by atoms with Gasteiger partial charge in [-0.2, -0.15) is 5.10 Å². The Morgan fingerprint density at radius 1 is 1.43 bits per heavy atom. The third-order valence-electron chi connectivity index (χ3n) is 1.75. The quantitative estimate of drug-likeness (QED) is 0.564. The van der Waals surface area contributed by atoms with Crippen LogP contribution in [0.2, 0.25) is 0 Å². The molecular weight excluding hydrogens is 225 g/mol. The van der Waals surface area contributed by atoms with Gasteiger partial charge in [0.15, 0.2) is 0 Å². The van der Waals surface area contributed by atoms with Gasteiger partial charge in [-0.25, -0.2) is 4.68 Å². The lowest BCUT2D eigenvalue weighted by atomic mass is 10.5. The molecule has 14 heavy (non-hydrogen) atoms. The molecule has 0 spiro atoms. The van der Waals surface area contributed by atoms with Crippen molar-refractivity contribution in [3.05, 3.63) is 28.7 Å². The van der Waals surface area contributed by atoms with Crippen molar-refractivity contribution in [2.45, 2.75) is 6.54 Å². The monoisotopic (exact) mass is 235 g/mol. The van der Waals surface area contributed by atoms with Crippen molar-refractivity contribution in [1.82, 2.24) is 14.7 Å². The number of alkyl halides is 2. The molecule has 0 aromatic carbocycles. The topological polar surface area (TPSA) is 38.1 Å². The second kappa shape index (κ2) is 6.01. The number of rotatable bonds is 5. The standard InChI is InChI=1S/C8H11Cl2N3O/c9-6-12(7-10)4-5-13-8(14)2-1-3-11-13/h1-3H,4-7H2. The van der Waals surface area contributed by atoms with E-state index in [1.807, 2.05) is 0 Å². The number of aromatic nitrogens is 2. The summed E-state index contributed by atoms with van der Waals surface area (Å²) >= 11 is 11.2. The molecule has 0 saturated carbocycles. The Morgan fingerprint density at radius 2 is 2.14 bits per heavy atom. The fraction of sp³-hybridized carbons (Fsp3) is 0.500. The van der Waals surface area contributed by atoms with Crippen molar-refractivity contribution in [2.24, 2.45) is 0 Å². The van der Waals surface area contributed by atoms with Crippen LogP contribution in [0, 0.1) is 0 Å². The predicted octanol–water partition coefficient (Wildman–Crippen LogP) is 0.938. The summed E-state index contributed by atoms with van der Waals surface area (Å²) in [5.74, 6) is 0. The maximum Gasteiger partial charge on any atom is 0.266 e. The first-order chi connectivity index (χ1) is 6.77. The Balaban J connectivity index is 2.53. The molecule has 0 fully saturated rings. The summed E-state index contributed by atoms with van der Waals surface area (Å²) in [5, 5.41) is 3.91. The van der Waals surface area contributed by atoms with Crippen molar-refractivity contribution >= 4 is 23.2 Å². The van der Waals surface area contributed by atoms with Crippen LogP contribution in [0.3, 0.4) is 0 Å². The molecule has 0 aliphatic rings. The van der Waals surface area contributed by atoms with E-state index in [9.17, 15) is 4.79 Å². The molecule has 6 heteroatoms. The van der Waals surface area contributed by atoms with Gasteiger partial charge in [0.25, 0.3) is 5.56 Å². The fourth-order valence-corrected chi connectivity index (χ4v) is 1.44. The van der Waals surface area contributed by atoms with Gasteiger partial charge in [-0.1, -0.05) is 0 Å². The van der Waals surface area contributed by atoms with E-state index in [2.05, 4.69) is 5.10 Å². The summed E-state index contributed by atoms with van der Waals surface area (Å²) in [5.41, 5.74) is -0.114. The molecule has 1 aromatic heterocycles. The van der Waals surface area contributed by atoms with Crippen molar-refractivity contribution in [3.8, 4) is 0 Å². The third-order valence-corrected chi connectivity index (χ3v) is 2.43. The minimum Gasteiger partial charge on any atom is -0.274 e. The highest BCUT2D eigenvalue weighted by molar-refractivity contribution is 6.19. The molecule has 1 heterocycles. The Labute approximate surface area is 92.0 Å². The zero-order valence-electron chi connectivity index (χ0n) is 7.57. The number of hydrogen-bond acceptors (Lipinski definition) is 3. The average Bonchev–Trinajstić information content (AvgIpc) is 2.22. The first-order valence-electron chi connectivity index (χ1n) is 4.14. The van der Waals surface area contributed by atoms with Crippen LogP contribution in [0.5, 0.6) is 0 Å². The van der Waals surface area contributed by atoms with Crippen LogP contribution in [0.25, 0.3) is 0 Å². The average molecular weight is 236 g/mol. The number of hydrogen-bond donors (Lipinski definition) is 0. The Kier molecular flexibility index (Phi) is 4.93. The van der Waals surface area contributed by atoms with E-state index in [-0.39, 0.29) is 5.56 Å². The molecule has 0 radical (unpaired) electrons. The number of nitrogens with zero attached hydrogens (tertiary/aromatic N) is 3. The second-order valence-electron chi connectivity index (χ2n) is 2.72. The lowest BCUT2D eigenvalue weighted by Crippen LogP contribution is -2.30. The van der Waals surface area contributed by atoms with Crippen LogP contribution in [-0.4, -0.2) is 33.2 Å². The van der Waals surface area contributed by atoms with Crippen molar-refractivity contribution in [3.63, 3.8) is 0 Å². The maximum atomic E-state index is 11.2. The van der Waals surface area contributed by atoms with E-state index in [1.54, 1.807) is 17.2 Å². The van der Waals surface area contributed by atoms with Gasteiger partial charge in [0.05, 0.1) is 18.6 Å². The van der Waals surface area contributed by atoms with Gasteiger partial charge in [0.1, 0.15) is 0 Å². The van der Waals surface area contributed by atoms with Crippen LogP contribution in [0.15, 0.2) is 23.1 Å². The molecule has 0 unspecified atom stereocenters. The molecule has 0 amide bonds. The molecule has 1 rings (SSSR count). The SMILES string of the molecule is O=c1cccnn1CCN(CCl)CCl. The van der Waals surface area contributed by atoms with Crippen LogP contribution in [-0.2, 0) is 6.54 Å². The highest BCUT2D eigenvalue weighted by Crippen LogP contribution is 1.93. The first-order valence-corrected chi connectivity index (χ1v) is 5.21. The second-order valence-corrected chi connectivity index (χ2v) is 3.20. The fourth-order valence-electron chi connectivity index (χ4n) is 0.943. The van der Waals surface area contributed by atoms with Gasteiger partial charge in [0, 0.05) is 18.8 Å². The lowest BCUT2D eigenvalue weighted by Gasteiger charge is -2.15. The van der Waals surface area contributed by atoms with E-state index >= 15 is 0 Å². The summed E-state index contributed by atoms with van der Waals surface area (Å²) < 4.78 is 1.38. The molecule has 0 aliphatic heterocycles. The third kappa shape index (κ3) is 3.29. The zero-order chi connectivity index (χ0) is 10.4. The Morgan fingerprint density at radius 3 is 2.71 bits per heavy atom. The lowest BCUT2D eigenvalue weighted by molar-refractivity contribution is 0.337. The molecule has 0 saturated heterocycles. The van der Waals surface area contributed by atoms with Crippen LogP contribution in [0.4, 0.5) is 0 Å². The molecule has 0 atom stereocenters. The highest BCUT2D eigenvalue weighted by Gasteiger charge is 2.02. The molecule has 1 aromatic rings. The van der Waals surface area contributed by atoms with E-state index in [0.29, 0.717) is 25.1 Å². The van der Waals surface area contributed by atoms with Gasteiger partial charge in [-0.05, 0) is 6.07 Å². The van der Waals surface area contributed by atoms with Gasteiger partial charge < -0.3 is 0 Å². The largest absolute Gasteiger partial charge is 0.274 e. The van der Waals surface area contributed by atoms with Crippen molar-refractivity contribution in [2.75, 3.05) is 18.6 Å². The summed E-state index contributed by atoms with van der Waals surface area (Å²) in [7, 11) is 0. The van der Waals surface area contributed by atoms with Gasteiger partial charge >= 0.3 is 0 Å². The summed E-state index contributed by atoms with van der Waals surface area (Å²) in [6, 6.07) is 3.79. The van der Waals surface area contributed by atoms with Gasteiger partial charge in [-0.3, -0.25) is 9.69 Å². The van der Waals surface area contributed by atoms with Gasteiger partial charge in [-0.15, -0.1) is 23.2 Å². The minimum absolute atomic E-state index is 0.114. The molecular formula is C8H11Cl2N3O. The Bertz CT molecular complexity index is 324. The minimum atomic E-state index is -0.114. The predicted molar refractivity (Wildman–Crippen MR) is 56.6 cm³/mol. The van der Waals surface area contributed by atoms with Gasteiger partial charge in [0.2, 0.25) is 0 Å². The van der Waals surface area contributed by atoms with E-state index in [0.717, 1.165) is 0 Å². The molecule has 0 aliphatic carbocycles. The molecule has 4 nitrogen and oxygen atoms in total. The van der Waals surface area contributed by atoms with E-state index < -0.39 is 0 Å². The highest BCUT2D eigenvalue weighted by atomic mass is 35.5. The first kappa shape index (κ1) is 11.5. The number of halogens is 2.